The van der Waals surface area contributed by atoms with Crippen molar-refractivity contribution in [1.29, 1.82) is 5.26 Å². The van der Waals surface area contributed by atoms with E-state index in [4.69, 9.17) is 10.00 Å². The number of rotatable bonds is 4. The van der Waals surface area contributed by atoms with Crippen LogP contribution in [0.4, 0.5) is 0 Å². The molecule has 0 aromatic heterocycles. The van der Waals surface area contributed by atoms with Crippen LogP contribution in [-0.4, -0.2) is 6.61 Å². The van der Waals surface area contributed by atoms with Gasteiger partial charge in [0.05, 0.1) is 12.2 Å². The third kappa shape index (κ3) is 3.86. The first kappa shape index (κ1) is 11.3. The highest BCUT2D eigenvalue weighted by atomic mass is 16.5. The van der Waals surface area contributed by atoms with E-state index in [1.54, 1.807) is 0 Å². The summed E-state index contributed by atoms with van der Waals surface area (Å²) in [6, 6.07) is 11.7. The van der Waals surface area contributed by atoms with E-state index in [1.165, 1.54) is 6.26 Å². The molecule has 0 heterocycles. The van der Waals surface area contributed by atoms with Crippen LogP contribution in [0.15, 0.2) is 36.6 Å². The highest BCUT2D eigenvalue weighted by Gasteiger charge is 1.99. The molecule has 2 nitrogen and oxygen atoms in total. The molecular formula is C13H15NO. The first-order chi connectivity index (χ1) is 7.24. The zero-order valence-corrected chi connectivity index (χ0v) is 9.10. The molecule has 0 fully saturated rings. The molecule has 0 aliphatic heterocycles. The maximum absolute atomic E-state index is 8.95. The summed E-state index contributed by atoms with van der Waals surface area (Å²) in [5.41, 5.74) is 1.46. The second-order valence-electron chi connectivity index (χ2n) is 3.74. The molecule has 15 heavy (non-hydrogen) atoms. The molecule has 2 heteroatoms. The fourth-order valence-corrected chi connectivity index (χ4v) is 1.10. The predicted octanol–water partition coefficient (Wildman–Crippen LogP) is 3.22. The van der Waals surface area contributed by atoms with Gasteiger partial charge in [-0.2, -0.15) is 5.26 Å². The third-order valence-corrected chi connectivity index (χ3v) is 1.84. The molecule has 78 valence electrons. The molecule has 0 aliphatic carbocycles. The van der Waals surface area contributed by atoms with Crippen LogP contribution in [0.5, 0.6) is 0 Å². The Hall–Kier alpha value is -1.75. The van der Waals surface area contributed by atoms with Crippen molar-refractivity contribution in [3.63, 3.8) is 0 Å². The van der Waals surface area contributed by atoms with Crippen molar-refractivity contribution >= 4 is 5.57 Å². The van der Waals surface area contributed by atoms with Gasteiger partial charge in [-0.3, -0.25) is 0 Å². The van der Waals surface area contributed by atoms with Crippen LogP contribution >= 0.6 is 0 Å². The number of nitriles is 1. The highest BCUT2D eigenvalue weighted by Crippen LogP contribution is 2.12. The van der Waals surface area contributed by atoms with Crippen molar-refractivity contribution in [3.8, 4) is 6.07 Å². The lowest BCUT2D eigenvalue weighted by atomic mass is 10.1. The van der Waals surface area contributed by atoms with Crippen molar-refractivity contribution in [2.45, 2.75) is 13.8 Å². The summed E-state index contributed by atoms with van der Waals surface area (Å²) in [5.74, 6) is 0.469. The maximum atomic E-state index is 8.95. The molecule has 0 saturated heterocycles. The Kier molecular flexibility index (Phi) is 4.43. The van der Waals surface area contributed by atoms with Gasteiger partial charge in [-0.1, -0.05) is 44.2 Å². The number of ether oxygens (including phenoxy) is 1. The van der Waals surface area contributed by atoms with E-state index in [0.717, 1.165) is 5.56 Å². The van der Waals surface area contributed by atoms with E-state index in [2.05, 4.69) is 19.9 Å². The molecule has 1 aromatic rings. The van der Waals surface area contributed by atoms with Gasteiger partial charge in [0.25, 0.3) is 0 Å². The highest BCUT2D eigenvalue weighted by molar-refractivity contribution is 5.75. The minimum Gasteiger partial charge on any atom is -0.500 e. The summed E-state index contributed by atoms with van der Waals surface area (Å²) < 4.78 is 5.32. The minimum atomic E-state index is 0.469. The molecule has 0 aliphatic rings. The Morgan fingerprint density at radius 1 is 1.40 bits per heavy atom. The fourth-order valence-electron chi connectivity index (χ4n) is 1.10. The fraction of sp³-hybridized carbons (Fsp3) is 0.308. The molecule has 0 unspecified atom stereocenters. The summed E-state index contributed by atoms with van der Waals surface area (Å²) in [7, 11) is 0. The topological polar surface area (TPSA) is 33.0 Å². The molecule has 0 amide bonds. The van der Waals surface area contributed by atoms with Crippen LogP contribution in [0.1, 0.15) is 19.4 Å². The van der Waals surface area contributed by atoms with Gasteiger partial charge in [0.1, 0.15) is 12.3 Å². The van der Waals surface area contributed by atoms with E-state index < -0.39 is 0 Å². The van der Waals surface area contributed by atoms with Crippen LogP contribution in [0.25, 0.3) is 5.57 Å². The average Bonchev–Trinajstić information content (AvgIpc) is 2.25. The lowest BCUT2D eigenvalue weighted by molar-refractivity contribution is 0.213. The zero-order valence-electron chi connectivity index (χ0n) is 9.10. The van der Waals surface area contributed by atoms with Gasteiger partial charge in [-0.05, 0) is 11.5 Å². The van der Waals surface area contributed by atoms with Crippen LogP contribution in [-0.2, 0) is 4.74 Å². The SMILES string of the molecule is CC(C)CO/C=C(\C#N)c1ccccc1. The van der Waals surface area contributed by atoms with Crippen molar-refractivity contribution in [3.05, 3.63) is 42.2 Å². The summed E-state index contributed by atoms with van der Waals surface area (Å²) in [6.07, 6.45) is 1.54. The van der Waals surface area contributed by atoms with E-state index in [0.29, 0.717) is 18.1 Å². The molecule has 0 saturated carbocycles. The Morgan fingerprint density at radius 2 is 2.07 bits per heavy atom. The average molecular weight is 201 g/mol. The van der Waals surface area contributed by atoms with Crippen molar-refractivity contribution < 1.29 is 4.74 Å². The van der Waals surface area contributed by atoms with Gasteiger partial charge in [0.15, 0.2) is 0 Å². The maximum Gasteiger partial charge on any atom is 0.103 e. The second-order valence-corrected chi connectivity index (χ2v) is 3.74. The monoisotopic (exact) mass is 201 g/mol. The molecule has 0 spiro atoms. The quantitative estimate of drug-likeness (QED) is 0.553. The number of hydrogen-bond donors (Lipinski definition) is 0. The Labute approximate surface area is 90.8 Å². The van der Waals surface area contributed by atoms with Crippen LogP contribution in [0.2, 0.25) is 0 Å². The van der Waals surface area contributed by atoms with Crippen LogP contribution in [0, 0.1) is 17.2 Å². The standard InChI is InChI=1S/C13H15NO/c1-11(2)9-15-10-13(8-14)12-6-4-3-5-7-12/h3-7,10-11H,9H2,1-2H3/b13-10+. The van der Waals surface area contributed by atoms with E-state index >= 15 is 0 Å². The van der Waals surface area contributed by atoms with E-state index in [-0.39, 0.29) is 0 Å². The zero-order chi connectivity index (χ0) is 11.1. The van der Waals surface area contributed by atoms with Gasteiger partial charge in [-0.15, -0.1) is 0 Å². The van der Waals surface area contributed by atoms with Crippen LogP contribution in [0.3, 0.4) is 0 Å². The van der Waals surface area contributed by atoms with Crippen molar-refractivity contribution in [2.24, 2.45) is 5.92 Å². The molecule has 0 bridgehead atoms. The van der Waals surface area contributed by atoms with Gasteiger partial charge < -0.3 is 4.74 Å². The molecule has 0 radical (unpaired) electrons. The third-order valence-electron chi connectivity index (χ3n) is 1.84. The minimum absolute atomic E-state index is 0.469. The van der Waals surface area contributed by atoms with Gasteiger partial charge >= 0.3 is 0 Å². The molecule has 0 N–H and O–H groups in total. The lowest BCUT2D eigenvalue weighted by Gasteiger charge is -2.04. The normalized spacial score (nSPS) is 11.2. The Morgan fingerprint density at radius 3 is 2.60 bits per heavy atom. The summed E-state index contributed by atoms with van der Waals surface area (Å²) in [5, 5.41) is 8.95. The predicted molar refractivity (Wildman–Crippen MR) is 60.8 cm³/mol. The van der Waals surface area contributed by atoms with Crippen molar-refractivity contribution in [2.75, 3.05) is 6.61 Å². The molecule has 1 rings (SSSR count). The Balaban J connectivity index is 2.69. The largest absolute Gasteiger partial charge is 0.500 e. The second kappa shape index (κ2) is 5.87. The van der Waals surface area contributed by atoms with Crippen molar-refractivity contribution in [1.82, 2.24) is 0 Å². The first-order valence-electron chi connectivity index (χ1n) is 5.01. The first-order valence-corrected chi connectivity index (χ1v) is 5.01. The number of allylic oxidation sites excluding steroid dienone is 1. The van der Waals surface area contributed by atoms with Crippen LogP contribution < -0.4 is 0 Å². The molecule has 0 atom stereocenters. The van der Waals surface area contributed by atoms with Gasteiger partial charge in [0.2, 0.25) is 0 Å². The number of hydrogen-bond acceptors (Lipinski definition) is 2. The summed E-state index contributed by atoms with van der Waals surface area (Å²) in [6.45, 7) is 4.78. The molecule has 1 aromatic carbocycles. The van der Waals surface area contributed by atoms with Gasteiger partial charge in [0, 0.05) is 0 Å². The van der Waals surface area contributed by atoms with Gasteiger partial charge in [-0.25, -0.2) is 0 Å². The molecular weight excluding hydrogens is 186 g/mol. The van der Waals surface area contributed by atoms with E-state index in [1.807, 2.05) is 30.3 Å². The summed E-state index contributed by atoms with van der Waals surface area (Å²) >= 11 is 0. The smallest absolute Gasteiger partial charge is 0.103 e. The number of benzene rings is 1. The lowest BCUT2D eigenvalue weighted by Crippen LogP contribution is -1.97. The van der Waals surface area contributed by atoms with E-state index in [9.17, 15) is 0 Å². The number of nitrogens with zero attached hydrogens (tertiary/aromatic N) is 1. The summed E-state index contributed by atoms with van der Waals surface area (Å²) in [4.78, 5) is 0. The Bertz CT molecular complexity index is 360.